The molecule has 5 heteroatoms. The first-order chi connectivity index (χ1) is 25.2. The van der Waals surface area contributed by atoms with Crippen LogP contribution in [0.3, 0.4) is 0 Å². The molecule has 0 amide bonds. The van der Waals surface area contributed by atoms with Crippen molar-refractivity contribution in [3.05, 3.63) is 163 Å². The molecular formula is C46H29N3O2. The maximum absolute atomic E-state index is 6.49. The summed E-state index contributed by atoms with van der Waals surface area (Å²) in [6, 6.07) is 53.9. The van der Waals surface area contributed by atoms with E-state index in [0.29, 0.717) is 17.5 Å². The molecule has 0 saturated carbocycles. The summed E-state index contributed by atoms with van der Waals surface area (Å²) in [6.45, 7) is 2.11. The van der Waals surface area contributed by atoms with Crippen LogP contribution in [0.4, 0.5) is 0 Å². The van der Waals surface area contributed by atoms with Crippen molar-refractivity contribution in [2.75, 3.05) is 0 Å². The van der Waals surface area contributed by atoms with E-state index in [0.717, 1.165) is 82.8 Å². The van der Waals surface area contributed by atoms with Gasteiger partial charge in [-0.2, -0.15) is 0 Å². The zero-order valence-electron chi connectivity index (χ0n) is 27.7. The normalized spacial score (nSPS) is 11.6. The summed E-state index contributed by atoms with van der Waals surface area (Å²) in [6.07, 6.45) is 0. The SMILES string of the molecule is Cc1cccc(-c2cccc(-c3nc(-c4ccc5c(c4)oc4cccc(-c6ccccc6)c45)nc(-c4cccc5oc6ccccc6c45)n3)c2)c1. The van der Waals surface area contributed by atoms with E-state index in [2.05, 4.69) is 110 Å². The molecule has 5 nitrogen and oxygen atoms in total. The van der Waals surface area contributed by atoms with Gasteiger partial charge in [0.2, 0.25) is 0 Å². The van der Waals surface area contributed by atoms with E-state index < -0.39 is 0 Å². The van der Waals surface area contributed by atoms with Crippen LogP contribution in [-0.2, 0) is 0 Å². The average molecular weight is 656 g/mol. The van der Waals surface area contributed by atoms with Crippen LogP contribution in [0.5, 0.6) is 0 Å². The average Bonchev–Trinajstić information content (AvgIpc) is 3.76. The van der Waals surface area contributed by atoms with Crippen LogP contribution < -0.4 is 0 Å². The molecule has 0 fully saturated rings. The lowest BCUT2D eigenvalue weighted by Gasteiger charge is -2.10. The fourth-order valence-corrected chi connectivity index (χ4v) is 7.20. The maximum Gasteiger partial charge on any atom is 0.164 e. The standard InChI is InChI=1S/C46H29N3O2/c1-28-11-7-14-30(25-28)31-15-8-16-32(26-31)44-47-45(49-46(48-44)37-19-10-22-40-43(37)35-17-5-6-20-38(35)50-40)33-23-24-36-41(27-33)51-39-21-9-18-34(42(36)39)29-12-3-2-4-13-29/h2-27H,1H3. The molecule has 51 heavy (non-hydrogen) atoms. The lowest BCUT2D eigenvalue weighted by Crippen LogP contribution is -2.00. The molecule has 0 radical (unpaired) electrons. The number of fused-ring (bicyclic) bond motifs is 6. The predicted octanol–water partition coefficient (Wildman–Crippen LogP) is 12.3. The van der Waals surface area contributed by atoms with E-state index >= 15 is 0 Å². The van der Waals surface area contributed by atoms with Crippen molar-refractivity contribution in [3.63, 3.8) is 0 Å². The van der Waals surface area contributed by atoms with Crippen LogP contribution in [-0.4, -0.2) is 15.0 Å². The molecular weight excluding hydrogens is 627 g/mol. The molecule has 3 heterocycles. The Bertz CT molecular complexity index is 2940. The number of aryl methyl sites for hydroxylation is 1. The van der Waals surface area contributed by atoms with Gasteiger partial charge in [0, 0.05) is 38.2 Å². The predicted molar refractivity (Wildman–Crippen MR) is 206 cm³/mol. The van der Waals surface area contributed by atoms with Gasteiger partial charge in [0.05, 0.1) is 0 Å². The Balaban J connectivity index is 1.18. The van der Waals surface area contributed by atoms with E-state index in [1.807, 2.05) is 54.6 Å². The summed E-state index contributed by atoms with van der Waals surface area (Å²) in [4.78, 5) is 15.4. The molecule has 240 valence electrons. The fraction of sp³-hybridized carbons (Fsp3) is 0.0217. The number of hydrogen-bond acceptors (Lipinski definition) is 5. The topological polar surface area (TPSA) is 65.0 Å². The van der Waals surface area contributed by atoms with Crippen molar-refractivity contribution in [3.8, 4) is 56.4 Å². The number of rotatable bonds is 5. The first-order valence-electron chi connectivity index (χ1n) is 17.0. The van der Waals surface area contributed by atoms with Crippen LogP contribution in [0, 0.1) is 6.92 Å². The summed E-state index contributed by atoms with van der Waals surface area (Å²) in [5, 5.41) is 4.13. The molecule has 3 aromatic heterocycles. The van der Waals surface area contributed by atoms with Crippen LogP contribution in [0.2, 0.25) is 0 Å². The van der Waals surface area contributed by atoms with Crippen molar-refractivity contribution in [2.45, 2.75) is 6.92 Å². The highest BCUT2D eigenvalue weighted by atomic mass is 16.3. The Morgan fingerprint density at radius 1 is 0.353 bits per heavy atom. The first-order valence-corrected chi connectivity index (χ1v) is 17.0. The largest absolute Gasteiger partial charge is 0.456 e. The van der Waals surface area contributed by atoms with Gasteiger partial charge in [-0.3, -0.25) is 0 Å². The molecule has 0 bridgehead atoms. The van der Waals surface area contributed by atoms with E-state index in [9.17, 15) is 0 Å². The van der Waals surface area contributed by atoms with E-state index in [-0.39, 0.29) is 0 Å². The quantitative estimate of drug-likeness (QED) is 0.185. The highest BCUT2D eigenvalue weighted by Crippen LogP contribution is 2.40. The number of hydrogen-bond donors (Lipinski definition) is 0. The van der Waals surface area contributed by atoms with Gasteiger partial charge in [-0.1, -0.05) is 127 Å². The lowest BCUT2D eigenvalue weighted by atomic mass is 9.99. The zero-order valence-corrected chi connectivity index (χ0v) is 27.7. The number of aromatic nitrogens is 3. The van der Waals surface area contributed by atoms with Gasteiger partial charge in [-0.15, -0.1) is 0 Å². The second kappa shape index (κ2) is 11.6. The lowest BCUT2D eigenvalue weighted by molar-refractivity contribution is 0.668. The van der Waals surface area contributed by atoms with Crippen molar-refractivity contribution in [1.29, 1.82) is 0 Å². The van der Waals surface area contributed by atoms with Gasteiger partial charge in [0.15, 0.2) is 17.5 Å². The van der Waals surface area contributed by atoms with Gasteiger partial charge in [0.1, 0.15) is 22.3 Å². The molecule has 10 rings (SSSR count). The molecule has 10 aromatic rings. The third-order valence-corrected chi connectivity index (χ3v) is 9.59. The molecule has 0 aliphatic carbocycles. The molecule has 0 saturated heterocycles. The van der Waals surface area contributed by atoms with E-state index in [1.54, 1.807) is 0 Å². The maximum atomic E-state index is 6.49. The summed E-state index contributed by atoms with van der Waals surface area (Å²) < 4.78 is 12.7. The molecule has 0 N–H and O–H groups in total. The fourth-order valence-electron chi connectivity index (χ4n) is 7.20. The zero-order chi connectivity index (χ0) is 33.9. The minimum atomic E-state index is 0.561. The van der Waals surface area contributed by atoms with Crippen LogP contribution in [0.15, 0.2) is 167 Å². The van der Waals surface area contributed by atoms with E-state index in [4.69, 9.17) is 23.8 Å². The molecule has 0 aliphatic heterocycles. The van der Waals surface area contributed by atoms with Gasteiger partial charge < -0.3 is 8.83 Å². The minimum absolute atomic E-state index is 0.561. The third kappa shape index (κ3) is 4.98. The Hall–Kier alpha value is -6.85. The molecule has 0 spiro atoms. The smallest absolute Gasteiger partial charge is 0.164 e. The number of benzene rings is 7. The Kier molecular flexibility index (Phi) is 6.64. The monoisotopic (exact) mass is 655 g/mol. The third-order valence-electron chi connectivity index (χ3n) is 9.59. The number of para-hydroxylation sites is 1. The van der Waals surface area contributed by atoms with Gasteiger partial charge in [-0.25, -0.2) is 15.0 Å². The molecule has 0 unspecified atom stereocenters. The van der Waals surface area contributed by atoms with Gasteiger partial charge in [0.25, 0.3) is 0 Å². The van der Waals surface area contributed by atoms with E-state index in [1.165, 1.54) is 5.56 Å². The number of furan rings is 2. The summed E-state index contributed by atoms with van der Waals surface area (Å²) >= 11 is 0. The van der Waals surface area contributed by atoms with Gasteiger partial charge >= 0.3 is 0 Å². The molecule has 0 aliphatic rings. The summed E-state index contributed by atoms with van der Waals surface area (Å²) in [7, 11) is 0. The van der Waals surface area contributed by atoms with Crippen LogP contribution in [0.1, 0.15) is 5.56 Å². The Labute approximate surface area is 293 Å². The van der Waals surface area contributed by atoms with Crippen molar-refractivity contribution in [1.82, 2.24) is 15.0 Å². The Morgan fingerprint density at radius 2 is 0.902 bits per heavy atom. The van der Waals surface area contributed by atoms with Crippen molar-refractivity contribution in [2.24, 2.45) is 0 Å². The van der Waals surface area contributed by atoms with Crippen molar-refractivity contribution < 1.29 is 8.83 Å². The second-order valence-corrected chi connectivity index (χ2v) is 12.9. The Morgan fingerprint density at radius 3 is 1.71 bits per heavy atom. The van der Waals surface area contributed by atoms with Gasteiger partial charge in [-0.05, 0) is 65.6 Å². The van der Waals surface area contributed by atoms with Crippen LogP contribution >= 0.6 is 0 Å². The summed E-state index contributed by atoms with van der Waals surface area (Å²) in [5.74, 6) is 1.72. The minimum Gasteiger partial charge on any atom is -0.456 e. The second-order valence-electron chi connectivity index (χ2n) is 12.9. The summed E-state index contributed by atoms with van der Waals surface area (Å²) in [5.41, 5.74) is 11.6. The first kappa shape index (κ1) is 29.1. The van der Waals surface area contributed by atoms with Crippen LogP contribution in [0.25, 0.3) is 100 Å². The molecule has 7 aromatic carbocycles. The number of nitrogens with zero attached hydrogens (tertiary/aromatic N) is 3. The molecule has 0 atom stereocenters. The highest BCUT2D eigenvalue weighted by Gasteiger charge is 2.19. The highest BCUT2D eigenvalue weighted by molar-refractivity contribution is 6.13. The van der Waals surface area contributed by atoms with Crippen molar-refractivity contribution >= 4 is 43.9 Å².